The third kappa shape index (κ3) is 2.38. The Labute approximate surface area is 184 Å². The van der Waals surface area contributed by atoms with Gasteiger partial charge in [-0.25, -0.2) is 9.97 Å². The predicted molar refractivity (Wildman–Crippen MR) is 118 cm³/mol. The second-order valence-corrected chi connectivity index (χ2v) is 9.55. The number of non-ortho nitro benzene ring substituents is 1. The van der Waals surface area contributed by atoms with Gasteiger partial charge in [-0.1, -0.05) is 44.5 Å². The Morgan fingerprint density at radius 2 is 1.77 bits per heavy atom. The molecule has 8 heteroatoms. The topological polar surface area (TPSA) is 98.0 Å². The number of aromatic nitrogens is 2. The summed E-state index contributed by atoms with van der Waals surface area (Å²) in [5, 5.41) is 14.7. The molecule has 1 heterocycles. The van der Waals surface area contributed by atoms with Gasteiger partial charge in [0.2, 0.25) is 5.91 Å². The second-order valence-electron chi connectivity index (χ2n) is 9.15. The number of halogens is 1. The Hall–Kier alpha value is -3.06. The smallest absolute Gasteiger partial charge is 0.271 e. The number of anilines is 1. The molecule has 31 heavy (non-hydrogen) atoms. The molecule has 1 saturated carbocycles. The molecule has 1 N–H and O–H groups in total. The van der Waals surface area contributed by atoms with Crippen LogP contribution >= 0.6 is 11.6 Å². The van der Waals surface area contributed by atoms with E-state index in [-0.39, 0.29) is 17.0 Å². The van der Waals surface area contributed by atoms with E-state index in [0.29, 0.717) is 33.9 Å². The molecule has 158 valence electrons. The van der Waals surface area contributed by atoms with Crippen LogP contribution < -0.4 is 5.32 Å². The summed E-state index contributed by atoms with van der Waals surface area (Å²) < 4.78 is 0. The number of carbonyl (C=O) groups is 1. The third-order valence-corrected chi connectivity index (χ3v) is 8.07. The molecular weight excluding hydrogens is 416 g/mol. The number of hydrogen-bond donors (Lipinski definition) is 1. The van der Waals surface area contributed by atoms with E-state index in [1.807, 2.05) is 12.1 Å². The van der Waals surface area contributed by atoms with Crippen molar-refractivity contribution in [1.82, 2.24) is 9.97 Å². The maximum atomic E-state index is 13.8. The van der Waals surface area contributed by atoms with E-state index in [4.69, 9.17) is 21.6 Å². The third-order valence-electron chi connectivity index (χ3n) is 7.74. The molecule has 2 bridgehead atoms. The largest absolute Gasteiger partial charge is 0.324 e. The van der Waals surface area contributed by atoms with Crippen LogP contribution in [0.3, 0.4) is 0 Å². The zero-order chi connectivity index (χ0) is 22.2. The van der Waals surface area contributed by atoms with Crippen LogP contribution in [0.15, 0.2) is 42.5 Å². The number of nitro benzene ring substituents is 1. The Bertz CT molecular complexity index is 1290. The van der Waals surface area contributed by atoms with E-state index in [1.165, 1.54) is 12.1 Å². The molecule has 2 unspecified atom stereocenters. The lowest BCUT2D eigenvalue weighted by atomic mass is 9.63. The highest BCUT2D eigenvalue weighted by Crippen LogP contribution is 2.70. The highest BCUT2D eigenvalue weighted by molar-refractivity contribution is 6.33. The first kappa shape index (κ1) is 19.9. The van der Waals surface area contributed by atoms with Gasteiger partial charge < -0.3 is 5.32 Å². The van der Waals surface area contributed by atoms with Crippen molar-refractivity contribution in [2.24, 2.45) is 5.41 Å². The van der Waals surface area contributed by atoms with Crippen LogP contribution in [0.1, 0.15) is 45.0 Å². The minimum Gasteiger partial charge on any atom is -0.324 e. The summed E-state index contributed by atoms with van der Waals surface area (Å²) in [7, 11) is 0. The molecular formula is C23H21ClN4O3. The quantitative estimate of drug-likeness (QED) is 0.451. The van der Waals surface area contributed by atoms with Crippen molar-refractivity contribution >= 4 is 39.9 Å². The Kier molecular flexibility index (Phi) is 3.99. The number of fused-ring (bicyclic) bond motifs is 6. The monoisotopic (exact) mass is 436 g/mol. The molecule has 0 radical (unpaired) electrons. The fourth-order valence-corrected chi connectivity index (χ4v) is 5.68. The van der Waals surface area contributed by atoms with Crippen molar-refractivity contribution in [3.8, 4) is 0 Å². The molecule has 0 spiro atoms. The number of benzene rings is 2. The van der Waals surface area contributed by atoms with Crippen LogP contribution in [0, 0.1) is 15.5 Å². The van der Waals surface area contributed by atoms with Crippen LogP contribution in [0.5, 0.6) is 0 Å². The predicted octanol–water partition coefficient (Wildman–Crippen LogP) is 5.16. The minimum absolute atomic E-state index is 0.0510. The first-order valence-electron chi connectivity index (χ1n) is 10.1. The number of rotatable bonds is 3. The van der Waals surface area contributed by atoms with Crippen molar-refractivity contribution in [3.05, 3.63) is 69.0 Å². The standard InChI is InChI=1S/C23H21ClN4O3/c1-21(2)22(3)10-11-23(21,20(29)27-15-7-5-4-6-14(15)24)19-18(22)25-16-9-8-13(28(30)31)12-17(16)26-19/h4-9,12H,10-11H2,1-3H3,(H,27,29). The Morgan fingerprint density at radius 3 is 2.48 bits per heavy atom. The van der Waals surface area contributed by atoms with Gasteiger partial charge in [0.05, 0.1) is 43.5 Å². The highest BCUT2D eigenvalue weighted by Gasteiger charge is 2.73. The van der Waals surface area contributed by atoms with Crippen LogP contribution in [0.4, 0.5) is 11.4 Å². The molecule has 5 rings (SSSR count). The number of nitrogens with zero attached hydrogens (tertiary/aromatic N) is 3. The van der Waals surface area contributed by atoms with Crippen molar-refractivity contribution in [3.63, 3.8) is 0 Å². The van der Waals surface area contributed by atoms with Crippen molar-refractivity contribution in [2.45, 2.75) is 44.4 Å². The van der Waals surface area contributed by atoms with Crippen molar-refractivity contribution in [2.75, 3.05) is 5.32 Å². The summed E-state index contributed by atoms with van der Waals surface area (Å²) >= 11 is 6.29. The van der Waals surface area contributed by atoms with E-state index < -0.39 is 15.8 Å². The zero-order valence-corrected chi connectivity index (χ0v) is 18.2. The first-order valence-corrected chi connectivity index (χ1v) is 10.5. The molecule has 1 aromatic heterocycles. The lowest BCUT2D eigenvalue weighted by Gasteiger charge is -2.39. The number of hydrogen-bond acceptors (Lipinski definition) is 5. The van der Waals surface area contributed by atoms with E-state index in [1.54, 1.807) is 18.2 Å². The average Bonchev–Trinajstić information content (AvgIpc) is 3.03. The van der Waals surface area contributed by atoms with Crippen LogP contribution in [-0.2, 0) is 15.6 Å². The molecule has 7 nitrogen and oxygen atoms in total. The summed E-state index contributed by atoms with van der Waals surface area (Å²) in [6, 6.07) is 11.6. The van der Waals surface area contributed by atoms with Gasteiger partial charge >= 0.3 is 0 Å². The van der Waals surface area contributed by atoms with Crippen molar-refractivity contribution in [1.29, 1.82) is 0 Å². The van der Waals surface area contributed by atoms with Crippen LogP contribution in [-0.4, -0.2) is 20.8 Å². The first-order chi connectivity index (χ1) is 14.6. The van der Waals surface area contributed by atoms with Gasteiger partial charge in [0.15, 0.2) is 0 Å². The Morgan fingerprint density at radius 1 is 1.06 bits per heavy atom. The van der Waals surface area contributed by atoms with Gasteiger partial charge in [0.25, 0.3) is 5.69 Å². The summed E-state index contributed by atoms with van der Waals surface area (Å²) in [6.45, 7) is 6.31. The molecule has 2 atom stereocenters. The SMILES string of the molecule is CC12CCC(C(=O)Nc3ccccc3Cl)(c3nc4cc([N+](=O)[O-])ccc4nc31)C2(C)C. The summed E-state index contributed by atoms with van der Waals surface area (Å²) in [5.74, 6) is -0.174. The normalized spacial score (nSPS) is 25.4. The molecule has 3 aromatic rings. The highest BCUT2D eigenvalue weighted by atomic mass is 35.5. The van der Waals surface area contributed by atoms with Crippen LogP contribution in [0.2, 0.25) is 5.02 Å². The lowest BCUT2D eigenvalue weighted by molar-refractivity contribution is -0.384. The lowest BCUT2D eigenvalue weighted by Crippen LogP contribution is -2.48. The van der Waals surface area contributed by atoms with Gasteiger partial charge in [-0.3, -0.25) is 14.9 Å². The summed E-state index contributed by atoms with van der Waals surface area (Å²) in [5.41, 5.74) is 1.21. The summed E-state index contributed by atoms with van der Waals surface area (Å²) in [4.78, 5) is 34.3. The molecule has 2 aliphatic rings. The van der Waals surface area contributed by atoms with Gasteiger partial charge in [-0.2, -0.15) is 0 Å². The van der Waals surface area contributed by atoms with Gasteiger partial charge in [-0.05, 0) is 36.5 Å². The van der Waals surface area contributed by atoms with Gasteiger partial charge in [0, 0.05) is 17.5 Å². The zero-order valence-electron chi connectivity index (χ0n) is 17.4. The Balaban J connectivity index is 1.72. The minimum atomic E-state index is -0.915. The molecule has 1 amide bonds. The fourth-order valence-electron chi connectivity index (χ4n) is 5.50. The second kappa shape index (κ2) is 6.23. The number of nitro groups is 1. The molecule has 1 fully saturated rings. The number of amides is 1. The number of nitrogens with one attached hydrogen (secondary N) is 1. The molecule has 0 aliphatic heterocycles. The average molecular weight is 437 g/mol. The molecule has 2 aromatic carbocycles. The van der Waals surface area contributed by atoms with Gasteiger partial charge in [-0.15, -0.1) is 0 Å². The maximum absolute atomic E-state index is 13.8. The molecule has 0 saturated heterocycles. The van der Waals surface area contributed by atoms with E-state index in [2.05, 4.69) is 26.1 Å². The van der Waals surface area contributed by atoms with Gasteiger partial charge in [0.1, 0.15) is 0 Å². The maximum Gasteiger partial charge on any atom is 0.271 e. The van der Waals surface area contributed by atoms with Crippen LogP contribution in [0.25, 0.3) is 11.0 Å². The molecule has 2 aliphatic carbocycles. The van der Waals surface area contributed by atoms with E-state index in [9.17, 15) is 14.9 Å². The fraction of sp³-hybridized carbons (Fsp3) is 0.348. The summed E-state index contributed by atoms with van der Waals surface area (Å²) in [6.07, 6.45) is 1.42. The van der Waals surface area contributed by atoms with E-state index >= 15 is 0 Å². The van der Waals surface area contributed by atoms with Crippen molar-refractivity contribution < 1.29 is 9.72 Å². The number of para-hydroxylation sites is 1. The van der Waals surface area contributed by atoms with E-state index in [0.717, 1.165) is 12.1 Å². The number of carbonyl (C=O) groups excluding carboxylic acids is 1.